The van der Waals surface area contributed by atoms with Crippen LogP contribution in [-0.2, 0) is 4.74 Å². The first-order chi connectivity index (χ1) is 19.3. The maximum atomic E-state index is 16.5. The Labute approximate surface area is 257 Å². The molecule has 0 aromatic carbocycles. The fraction of sp³-hybridized carbons (Fsp3) is 0.536. The van der Waals surface area contributed by atoms with Crippen molar-refractivity contribution >= 4 is 63.0 Å². The Hall–Kier alpha value is -2.68. The first kappa shape index (κ1) is 29.8. The van der Waals surface area contributed by atoms with Crippen LogP contribution in [-0.4, -0.2) is 74.1 Å². The molecule has 0 saturated carbocycles. The van der Waals surface area contributed by atoms with Crippen LogP contribution in [0.25, 0.3) is 22.2 Å². The first-order valence-electron chi connectivity index (χ1n) is 13.6. The Balaban J connectivity index is 1.66. The van der Waals surface area contributed by atoms with Gasteiger partial charge in [0.25, 0.3) is 0 Å². The highest BCUT2D eigenvalue weighted by atomic mass is 127. The second kappa shape index (κ2) is 11.2. The van der Waals surface area contributed by atoms with Crippen molar-refractivity contribution in [3.63, 3.8) is 0 Å². The van der Waals surface area contributed by atoms with Crippen molar-refractivity contribution in [1.82, 2.24) is 24.8 Å². The molecular weight excluding hydrogens is 660 g/mol. The van der Waals surface area contributed by atoms with Crippen LogP contribution in [0.4, 0.5) is 20.8 Å². The van der Waals surface area contributed by atoms with E-state index in [1.807, 2.05) is 45.8 Å². The Morgan fingerprint density at radius 1 is 1.17 bits per heavy atom. The quantitative estimate of drug-likeness (QED) is 0.199. The molecule has 0 radical (unpaired) electrons. The molecule has 3 aromatic heterocycles. The lowest BCUT2D eigenvalue weighted by atomic mass is 10.1. The van der Waals surface area contributed by atoms with Crippen LogP contribution in [0.3, 0.4) is 0 Å². The normalized spacial score (nSPS) is 18.9. The van der Waals surface area contributed by atoms with Gasteiger partial charge in [-0.1, -0.05) is 11.8 Å². The molecule has 0 spiro atoms. The number of carbonyl (C=O) groups excluding carboxylic acids is 1. The molecule has 2 saturated heterocycles. The topological polar surface area (TPSA) is 120 Å². The van der Waals surface area contributed by atoms with Gasteiger partial charge in [-0.2, -0.15) is 0 Å². The molecule has 2 fully saturated rings. The number of nitrogen functional groups attached to an aromatic ring is 1. The number of pyridine rings is 2. The number of amides is 1. The molecule has 5 heterocycles. The Kier molecular flexibility index (Phi) is 8.14. The zero-order valence-corrected chi connectivity index (χ0v) is 27.3. The summed E-state index contributed by atoms with van der Waals surface area (Å²) in [6, 6.07) is 1.66. The van der Waals surface area contributed by atoms with Crippen molar-refractivity contribution in [2.75, 3.05) is 30.0 Å². The second-order valence-corrected chi connectivity index (χ2v) is 13.5. The van der Waals surface area contributed by atoms with E-state index in [9.17, 15) is 4.79 Å². The number of fused-ring (bicyclic) bond motifs is 3. The summed E-state index contributed by atoms with van der Waals surface area (Å²) in [4.78, 5) is 35.5. The van der Waals surface area contributed by atoms with Gasteiger partial charge in [-0.3, -0.25) is 4.90 Å². The molecule has 2 aliphatic heterocycles. The summed E-state index contributed by atoms with van der Waals surface area (Å²) in [6.45, 7) is 12.3. The highest BCUT2D eigenvalue weighted by Crippen LogP contribution is 2.42. The predicted octanol–water partition coefficient (Wildman–Crippen LogP) is 5.82. The molecule has 2 aliphatic rings. The van der Waals surface area contributed by atoms with Gasteiger partial charge in [0.15, 0.2) is 11.0 Å². The molecule has 41 heavy (non-hydrogen) atoms. The summed E-state index contributed by atoms with van der Waals surface area (Å²) in [5.41, 5.74) is 6.96. The lowest BCUT2D eigenvalue weighted by molar-refractivity contribution is 0.0123. The minimum absolute atomic E-state index is 0.0535. The number of carbonyl (C=O) groups is 1. The summed E-state index contributed by atoms with van der Waals surface area (Å²) in [5.74, 6) is 0.529. The average molecular weight is 696 g/mol. The van der Waals surface area contributed by atoms with E-state index >= 15 is 4.39 Å². The van der Waals surface area contributed by atoms with Crippen molar-refractivity contribution in [1.29, 1.82) is 0 Å². The van der Waals surface area contributed by atoms with Gasteiger partial charge >= 0.3 is 6.09 Å². The Morgan fingerprint density at radius 3 is 2.41 bits per heavy atom. The SMILES string of the molecule is CSc1nc(N2CC3CCC(C2)N3C(=O)OC(C)(C)C)c2c(OC(C)C)nc(-c3cc(C)nc(N)c3I)c(F)c2n1. The van der Waals surface area contributed by atoms with Crippen molar-refractivity contribution in [3.05, 3.63) is 21.1 Å². The molecule has 2 N–H and O–H groups in total. The first-order valence-corrected chi connectivity index (χ1v) is 15.9. The number of anilines is 2. The number of rotatable bonds is 5. The fourth-order valence-corrected chi connectivity index (χ4v) is 6.35. The van der Waals surface area contributed by atoms with Gasteiger partial charge in [-0.25, -0.2) is 29.1 Å². The van der Waals surface area contributed by atoms with Crippen LogP contribution in [0, 0.1) is 16.3 Å². The van der Waals surface area contributed by atoms with Crippen molar-refractivity contribution in [2.24, 2.45) is 0 Å². The molecular formula is C28H35FIN7O3S. The number of piperazine rings is 1. The van der Waals surface area contributed by atoms with E-state index in [4.69, 9.17) is 25.2 Å². The third-order valence-corrected chi connectivity index (χ3v) is 8.68. The van der Waals surface area contributed by atoms with E-state index in [0.29, 0.717) is 50.1 Å². The molecule has 13 heteroatoms. The molecule has 1 amide bonds. The van der Waals surface area contributed by atoms with E-state index in [1.165, 1.54) is 11.8 Å². The number of halogens is 2. The van der Waals surface area contributed by atoms with Crippen LogP contribution >= 0.6 is 34.4 Å². The minimum atomic E-state index is -0.580. The average Bonchev–Trinajstić information content (AvgIpc) is 3.15. The number of thioether (sulfide) groups is 1. The van der Waals surface area contributed by atoms with Crippen molar-refractivity contribution in [2.45, 2.75) is 83.3 Å². The number of hydrogen-bond donors (Lipinski definition) is 1. The fourth-order valence-electron chi connectivity index (χ4n) is 5.45. The molecule has 2 bridgehead atoms. The van der Waals surface area contributed by atoms with Gasteiger partial charge in [-0.05, 0) is 89.3 Å². The molecule has 2 unspecified atom stereocenters. The maximum absolute atomic E-state index is 16.5. The Bertz CT molecular complexity index is 1500. The van der Waals surface area contributed by atoms with Gasteiger partial charge < -0.3 is 20.1 Å². The lowest BCUT2D eigenvalue weighted by Crippen LogP contribution is -2.57. The van der Waals surface area contributed by atoms with Crippen molar-refractivity contribution < 1.29 is 18.7 Å². The van der Waals surface area contributed by atoms with Gasteiger partial charge in [0.2, 0.25) is 5.88 Å². The van der Waals surface area contributed by atoms with Gasteiger partial charge in [0.05, 0.1) is 21.8 Å². The number of aromatic nitrogens is 4. The smallest absolute Gasteiger partial charge is 0.410 e. The molecule has 2 atom stereocenters. The summed E-state index contributed by atoms with van der Waals surface area (Å²) >= 11 is 3.40. The van der Waals surface area contributed by atoms with Crippen LogP contribution in [0.1, 0.15) is 53.2 Å². The van der Waals surface area contributed by atoms with E-state index in [2.05, 4.69) is 37.5 Å². The maximum Gasteiger partial charge on any atom is 0.410 e. The zero-order valence-electron chi connectivity index (χ0n) is 24.3. The van der Waals surface area contributed by atoms with Crippen LogP contribution in [0.2, 0.25) is 0 Å². The van der Waals surface area contributed by atoms with Gasteiger partial charge in [0.1, 0.15) is 33.8 Å². The molecule has 5 rings (SSSR count). The van der Waals surface area contributed by atoms with E-state index in [-0.39, 0.29) is 41.4 Å². The molecule has 220 valence electrons. The molecule has 10 nitrogen and oxygen atoms in total. The molecule has 0 aliphatic carbocycles. The summed E-state index contributed by atoms with van der Waals surface area (Å²) in [7, 11) is 0. The number of nitrogens with two attached hydrogens (primary N) is 1. The Morgan fingerprint density at radius 2 is 1.83 bits per heavy atom. The van der Waals surface area contributed by atoms with E-state index in [0.717, 1.165) is 12.8 Å². The second-order valence-electron chi connectivity index (χ2n) is 11.7. The third-order valence-electron chi connectivity index (χ3n) is 6.99. The lowest BCUT2D eigenvalue weighted by Gasteiger charge is -2.42. The minimum Gasteiger partial charge on any atom is -0.474 e. The standard InChI is InChI=1S/C28H35FIN7O3S/c1-13(2)39-25-18-22(19(29)21(33-25)17-10-14(3)32-23(31)20(17)30)34-26(41-7)35-24(18)36-11-15-8-9-16(12-36)37(15)27(38)40-28(4,5)6/h10,13,15-16H,8-9,11-12H2,1-7H3,(H2,31,32). The highest BCUT2D eigenvalue weighted by molar-refractivity contribution is 14.1. The van der Waals surface area contributed by atoms with Crippen molar-refractivity contribution in [3.8, 4) is 17.1 Å². The molecule has 3 aromatic rings. The van der Waals surface area contributed by atoms with Gasteiger partial charge in [-0.15, -0.1) is 0 Å². The number of ether oxygens (including phenoxy) is 2. The predicted molar refractivity (Wildman–Crippen MR) is 167 cm³/mol. The summed E-state index contributed by atoms with van der Waals surface area (Å²) in [6.07, 6.45) is 3.03. The van der Waals surface area contributed by atoms with Gasteiger partial charge in [0, 0.05) is 24.3 Å². The largest absolute Gasteiger partial charge is 0.474 e. The van der Waals surface area contributed by atoms with Crippen LogP contribution in [0.15, 0.2) is 11.2 Å². The summed E-state index contributed by atoms with van der Waals surface area (Å²) < 4.78 is 29.0. The van der Waals surface area contributed by atoms with Crippen LogP contribution < -0.4 is 15.4 Å². The van der Waals surface area contributed by atoms with E-state index < -0.39 is 11.4 Å². The number of aryl methyl sites for hydroxylation is 1. The van der Waals surface area contributed by atoms with E-state index in [1.54, 1.807) is 13.0 Å². The highest BCUT2D eigenvalue weighted by Gasteiger charge is 2.45. The summed E-state index contributed by atoms with van der Waals surface area (Å²) in [5, 5.41) is 0.845. The number of hydrogen-bond acceptors (Lipinski definition) is 10. The number of nitrogens with zero attached hydrogens (tertiary/aromatic N) is 6. The zero-order chi connectivity index (χ0) is 29.8. The monoisotopic (exact) mass is 695 g/mol. The third kappa shape index (κ3) is 5.84. The van der Waals surface area contributed by atoms with Crippen LogP contribution in [0.5, 0.6) is 5.88 Å².